The Bertz CT molecular complexity index is 1080. The maximum atomic E-state index is 12.7. The number of ketones is 1. The Hall–Kier alpha value is -3.38. The first-order valence-corrected chi connectivity index (χ1v) is 9.42. The molecule has 3 aromatic rings. The minimum atomic E-state index is -0.499. The number of ether oxygens (including phenoxy) is 3. The molecule has 140 valence electrons. The molecule has 0 bridgehead atoms. The molecule has 2 aromatic carbocycles. The summed E-state index contributed by atoms with van der Waals surface area (Å²) in [5.41, 5.74) is 1.58. The predicted octanol–water partition coefficient (Wildman–Crippen LogP) is 4.90. The highest BCUT2D eigenvalue weighted by atomic mass is 32.1. The second kappa shape index (κ2) is 7.32. The van der Waals surface area contributed by atoms with Crippen LogP contribution in [-0.4, -0.2) is 18.9 Å². The highest BCUT2D eigenvalue weighted by Gasteiger charge is 2.30. The summed E-state index contributed by atoms with van der Waals surface area (Å²) >= 11 is 1.52. The Morgan fingerprint density at radius 2 is 1.89 bits per heavy atom. The zero-order valence-corrected chi connectivity index (χ0v) is 16.0. The third-order valence-electron chi connectivity index (χ3n) is 4.30. The fourth-order valence-corrected chi connectivity index (χ4v) is 3.58. The number of thiophene rings is 1. The van der Waals surface area contributed by atoms with Gasteiger partial charge in [-0.1, -0.05) is 6.07 Å². The van der Waals surface area contributed by atoms with E-state index in [-0.39, 0.29) is 11.5 Å². The van der Waals surface area contributed by atoms with Crippen LogP contribution in [0.2, 0.25) is 0 Å². The van der Waals surface area contributed by atoms with E-state index in [9.17, 15) is 9.59 Å². The van der Waals surface area contributed by atoms with Crippen LogP contribution in [0.15, 0.2) is 59.7 Å². The number of rotatable bonds is 4. The number of fused-ring (bicyclic) bond motifs is 1. The SMILES string of the molecule is COc1ccc(C(=O)Oc2cc(C)c3c(c2)O/C(=C\c2cccs2)C3=O)cc1. The minimum absolute atomic E-state index is 0.172. The molecule has 4 rings (SSSR count). The molecular formula is C22H16O5S. The zero-order chi connectivity index (χ0) is 19.7. The number of hydrogen-bond acceptors (Lipinski definition) is 6. The fraction of sp³-hybridized carbons (Fsp3) is 0.0909. The second-order valence-electron chi connectivity index (χ2n) is 6.19. The van der Waals surface area contributed by atoms with Crippen molar-refractivity contribution in [2.75, 3.05) is 7.11 Å². The quantitative estimate of drug-likeness (QED) is 0.359. The van der Waals surface area contributed by atoms with Crippen LogP contribution < -0.4 is 14.2 Å². The molecule has 0 unspecified atom stereocenters. The number of benzene rings is 2. The second-order valence-corrected chi connectivity index (χ2v) is 7.17. The van der Waals surface area contributed by atoms with Crippen LogP contribution in [0.5, 0.6) is 17.2 Å². The van der Waals surface area contributed by atoms with Crippen molar-refractivity contribution >= 4 is 29.2 Å². The number of Topliss-reactive ketones (excluding diaryl/α,β-unsaturated/α-hetero) is 1. The zero-order valence-electron chi connectivity index (χ0n) is 15.2. The van der Waals surface area contributed by atoms with Gasteiger partial charge in [0.2, 0.25) is 5.78 Å². The average molecular weight is 392 g/mol. The highest BCUT2D eigenvalue weighted by molar-refractivity contribution is 7.10. The van der Waals surface area contributed by atoms with Gasteiger partial charge in [0.05, 0.1) is 18.2 Å². The monoisotopic (exact) mass is 392 g/mol. The molecule has 1 aliphatic heterocycles. The molecule has 1 aromatic heterocycles. The lowest BCUT2D eigenvalue weighted by Crippen LogP contribution is -2.08. The Kier molecular flexibility index (Phi) is 4.71. The maximum Gasteiger partial charge on any atom is 0.343 e. The van der Waals surface area contributed by atoms with E-state index in [4.69, 9.17) is 14.2 Å². The van der Waals surface area contributed by atoms with Crippen molar-refractivity contribution in [3.05, 3.63) is 81.2 Å². The molecule has 0 N–H and O–H groups in total. The molecule has 0 aliphatic carbocycles. The lowest BCUT2D eigenvalue weighted by molar-refractivity contribution is 0.0734. The topological polar surface area (TPSA) is 61.8 Å². The van der Waals surface area contributed by atoms with Crippen molar-refractivity contribution < 1.29 is 23.8 Å². The number of methoxy groups -OCH3 is 1. The maximum absolute atomic E-state index is 12.7. The molecule has 2 heterocycles. The molecule has 0 amide bonds. The van der Waals surface area contributed by atoms with Crippen LogP contribution in [0.3, 0.4) is 0 Å². The Labute approximate surface area is 165 Å². The largest absolute Gasteiger partial charge is 0.497 e. The van der Waals surface area contributed by atoms with Crippen molar-refractivity contribution in [1.82, 2.24) is 0 Å². The molecule has 0 saturated heterocycles. The number of esters is 1. The Balaban J connectivity index is 1.58. The van der Waals surface area contributed by atoms with Crippen LogP contribution >= 0.6 is 11.3 Å². The molecule has 6 heteroatoms. The van der Waals surface area contributed by atoms with Crippen molar-refractivity contribution in [2.45, 2.75) is 6.92 Å². The van der Waals surface area contributed by atoms with Crippen LogP contribution in [0, 0.1) is 6.92 Å². The summed E-state index contributed by atoms with van der Waals surface area (Å²) < 4.78 is 16.3. The average Bonchev–Trinajstić information content (AvgIpc) is 3.30. The van der Waals surface area contributed by atoms with Crippen molar-refractivity contribution in [2.24, 2.45) is 0 Å². The first kappa shape index (κ1) is 18.0. The van der Waals surface area contributed by atoms with Crippen LogP contribution in [0.4, 0.5) is 0 Å². The van der Waals surface area contributed by atoms with E-state index in [1.165, 1.54) is 11.3 Å². The van der Waals surface area contributed by atoms with E-state index in [1.807, 2.05) is 17.5 Å². The van der Waals surface area contributed by atoms with Crippen molar-refractivity contribution in [3.8, 4) is 17.2 Å². The van der Waals surface area contributed by atoms with Crippen LogP contribution in [0.1, 0.15) is 31.2 Å². The van der Waals surface area contributed by atoms with Crippen LogP contribution in [0.25, 0.3) is 6.08 Å². The van der Waals surface area contributed by atoms with E-state index in [2.05, 4.69) is 0 Å². The van der Waals surface area contributed by atoms with E-state index in [0.717, 1.165) is 4.88 Å². The first-order valence-electron chi connectivity index (χ1n) is 8.54. The van der Waals surface area contributed by atoms with Gasteiger partial charge in [0.25, 0.3) is 0 Å². The number of allylic oxidation sites excluding steroid dienone is 1. The lowest BCUT2D eigenvalue weighted by Gasteiger charge is -2.08. The molecule has 5 nitrogen and oxygen atoms in total. The third-order valence-corrected chi connectivity index (χ3v) is 5.12. The Morgan fingerprint density at radius 1 is 1.11 bits per heavy atom. The smallest absolute Gasteiger partial charge is 0.343 e. The molecule has 0 radical (unpaired) electrons. The molecule has 28 heavy (non-hydrogen) atoms. The molecule has 1 aliphatic rings. The summed E-state index contributed by atoms with van der Waals surface area (Å²) in [5.74, 6) is 0.961. The molecule has 0 spiro atoms. The van der Waals surface area contributed by atoms with Gasteiger partial charge < -0.3 is 14.2 Å². The summed E-state index contributed by atoms with van der Waals surface area (Å²) in [7, 11) is 1.56. The number of aryl methyl sites for hydroxylation is 1. The third kappa shape index (κ3) is 3.42. The van der Waals surface area contributed by atoms with Crippen molar-refractivity contribution in [1.29, 1.82) is 0 Å². The van der Waals surface area contributed by atoms with Crippen LogP contribution in [-0.2, 0) is 0 Å². The van der Waals surface area contributed by atoms with Gasteiger partial charge in [-0.15, -0.1) is 11.3 Å². The minimum Gasteiger partial charge on any atom is -0.497 e. The number of carbonyl (C=O) groups is 2. The normalized spacial score (nSPS) is 13.9. The number of hydrogen-bond donors (Lipinski definition) is 0. The number of carbonyl (C=O) groups excluding carboxylic acids is 2. The van der Waals surface area contributed by atoms with Crippen molar-refractivity contribution in [3.63, 3.8) is 0 Å². The first-order chi connectivity index (χ1) is 13.5. The van der Waals surface area contributed by atoms with Gasteiger partial charge in [-0.25, -0.2) is 4.79 Å². The molecular weight excluding hydrogens is 376 g/mol. The van der Waals surface area contributed by atoms with Gasteiger partial charge in [0.15, 0.2) is 5.76 Å². The summed E-state index contributed by atoms with van der Waals surface area (Å²) in [4.78, 5) is 26.0. The molecule has 0 fully saturated rings. The predicted molar refractivity (Wildman–Crippen MR) is 106 cm³/mol. The van der Waals surface area contributed by atoms with Gasteiger partial charge in [-0.2, -0.15) is 0 Å². The van der Waals surface area contributed by atoms with E-state index in [1.54, 1.807) is 56.5 Å². The standard InChI is InChI=1S/C22H16O5S/c1-13-10-16(26-22(24)14-5-7-15(25-2)8-6-14)11-18-20(13)21(23)19(27-18)12-17-4-3-9-28-17/h3-12H,1-2H3/b19-12-. The van der Waals surface area contributed by atoms with Gasteiger partial charge in [-0.3, -0.25) is 4.79 Å². The fourth-order valence-electron chi connectivity index (χ4n) is 2.93. The Morgan fingerprint density at radius 3 is 2.57 bits per heavy atom. The lowest BCUT2D eigenvalue weighted by atomic mass is 10.0. The van der Waals surface area contributed by atoms with Gasteiger partial charge in [-0.05, 0) is 54.3 Å². The van der Waals surface area contributed by atoms with Gasteiger partial charge in [0.1, 0.15) is 17.2 Å². The van der Waals surface area contributed by atoms with E-state index >= 15 is 0 Å². The molecule has 0 saturated carbocycles. The summed E-state index contributed by atoms with van der Waals surface area (Å²) in [6.45, 7) is 1.79. The highest BCUT2D eigenvalue weighted by Crippen LogP contribution is 2.38. The molecule has 0 atom stereocenters. The van der Waals surface area contributed by atoms with Gasteiger partial charge in [0, 0.05) is 17.0 Å². The summed E-state index contributed by atoms with van der Waals surface area (Å²) in [6, 6.07) is 13.7. The van der Waals surface area contributed by atoms with E-state index in [0.29, 0.717) is 33.9 Å². The van der Waals surface area contributed by atoms with E-state index < -0.39 is 5.97 Å². The summed E-state index contributed by atoms with van der Waals surface area (Å²) in [5, 5.41) is 1.93. The summed E-state index contributed by atoms with van der Waals surface area (Å²) in [6.07, 6.45) is 1.72. The van der Waals surface area contributed by atoms with Gasteiger partial charge >= 0.3 is 5.97 Å².